The lowest BCUT2D eigenvalue weighted by Crippen LogP contribution is -2.43. The van der Waals surface area contributed by atoms with E-state index in [1.165, 1.54) is 12.1 Å². The molecule has 1 amide bonds. The fourth-order valence-electron chi connectivity index (χ4n) is 2.70. The average molecular weight is 280 g/mol. The first-order chi connectivity index (χ1) is 9.52. The summed E-state index contributed by atoms with van der Waals surface area (Å²) in [7, 11) is 0. The van der Waals surface area contributed by atoms with Gasteiger partial charge in [0.15, 0.2) is 0 Å². The fraction of sp³-hybridized carbons (Fsp3) is 0.533. The average Bonchev–Trinajstić information content (AvgIpc) is 2.44. The molecule has 20 heavy (non-hydrogen) atoms. The highest BCUT2D eigenvalue weighted by Gasteiger charge is 2.26. The minimum absolute atomic E-state index is 0.0492. The van der Waals surface area contributed by atoms with Crippen molar-refractivity contribution in [3.05, 3.63) is 29.1 Å². The van der Waals surface area contributed by atoms with Crippen LogP contribution < -0.4 is 11.1 Å². The highest BCUT2D eigenvalue weighted by Crippen LogP contribution is 2.25. The lowest BCUT2D eigenvalue weighted by atomic mass is 9.85. The van der Waals surface area contributed by atoms with E-state index >= 15 is 0 Å². The van der Waals surface area contributed by atoms with Crippen LogP contribution in [-0.2, 0) is 0 Å². The Morgan fingerprint density at radius 1 is 1.45 bits per heavy atom. The van der Waals surface area contributed by atoms with Crippen molar-refractivity contribution in [2.75, 3.05) is 12.3 Å². The van der Waals surface area contributed by atoms with Gasteiger partial charge in [-0.2, -0.15) is 0 Å². The van der Waals surface area contributed by atoms with E-state index in [9.17, 15) is 14.3 Å². The topological polar surface area (TPSA) is 75.4 Å². The first-order valence-electron chi connectivity index (χ1n) is 7.00. The summed E-state index contributed by atoms with van der Waals surface area (Å²) in [5.41, 5.74) is 6.54. The minimum Gasteiger partial charge on any atom is -0.398 e. The molecule has 4 nitrogen and oxygen atoms in total. The fourth-order valence-corrected chi connectivity index (χ4v) is 2.70. The number of carbonyl (C=O) groups excluding carboxylic acids is 1. The molecular weight excluding hydrogens is 259 g/mol. The SMILES string of the molecule is Cc1c(N)cc(C(=O)NC2CCCCC2CO)cc1F. The summed E-state index contributed by atoms with van der Waals surface area (Å²) in [6, 6.07) is 2.65. The summed E-state index contributed by atoms with van der Waals surface area (Å²) < 4.78 is 13.6. The van der Waals surface area contributed by atoms with Gasteiger partial charge in [-0.1, -0.05) is 12.8 Å². The number of nitrogens with two attached hydrogens (primary N) is 1. The Bertz CT molecular complexity index is 482. The molecule has 1 aliphatic carbocycles. The van der Waals surface area contributed by atoms with Gasteiger partial charge in [0.1, 0.15) is 5.82 Å². The molecule has 110 valence electrons. The van der Waals surface area contributed by atoms with Crippen molar-refractivity contribution < 1.29 is 14.3 Å². The van der Waals surface area contributed by atoms with E-state index in [-0.39, 0.29) is 35.7 Å². The van der Waals surface area contributed by atoms with Crippen LogP contribution >= 0.6 is 0 Å². The maximum atomic E-state index is 13.6. The first-order valence-corrected chi connectivity index (χ1v) is 7.00. The molecule has 5 heteroatoms. The second-order valence-corrected chi connectivity index (χ2v) is 5.48. The zero-order chi connectivity index (χ0) is 14.7. The predicted molar refractivity (Wildman–Crippen MR) is 75.8 cm³/mol. The zero-order valence-electron chi connectivity index (χ0n) is 11.7. The molecule has 0 heterocycles. The number of amides is 1. The highest BCUT2D eigenvalue weighted by atomic mass is 19.1. The molecule has 0 spiro atoms. The van der Waals surface area contributed by atoms with Gasteiger partial charge in [0.05, 0.1) is 0 Å². The lowest BCUT2D eigenvalue weighted by Gasteiger charge is -2.30. The number of aliphatic hydroxyl groups excluding tert-OH is 1. The van der Waals surface area contributed by atoms with Crippen molar-refractivity contribution in [1.29, 1.82) is 0 Å². The lowest BCUT2D eigenvalue weighted by molar-refractivity contribution is 0.0872. The van der Waals surface area contributed by atoms with Crippen molar-refractivity contribution in [3.63, 3.8) is 0 Å². The highest BCUT2D eigenvalue weighted by molar-refractivity contribution is 5.95. The van der Waals surface area contributed by atoms with Gasteiger partial charge < -0.3 is 16.2 Å². The molecule has 1 aliphatic rings. The van der Waals surface area contributed by atoms with Crippen LogP contribution in [-0.4, -0.2) is 23.7 Å². The minimum atomic E-state index is -0.475. The maximum absolute atomic E-state index is 13.6. The molecule has 2 rings (SSSR count). The number of benzene rings is 1. The smallest absolute Gasteiger partial charge is 0.251 e. The van der Waals surface area contributed by atoms with Crippen LogP contribution in [0, 0.1) is 18.7 Å². The van der Waals surface area contributed by atoms with Crippen molar-refractivity contribution in [2.45, 2.75) is 38.6 Å². The van der Waals surface area contributed by atoms with Gasteiger partial charge >= 0.3 is 0 Å². The van der Waals surface area contributed by atoms with Gasteiger partial charge in [-0.25, -0.2) is 4.39 Å². The van der Waals surface area contributed by atoms with E-state index in [2.05, 4.69) is 5.32 Å². The van der Waals surface area contributed by atoms with Crippen LogP contribution in [0.25, 0.3) is 0 Å². The summed E-state index contributed by atoms with van der Waals surface area (Å²) >= 11 is 0. The van der Waals surface area contributed by atoms with Gasteiger partial charge in [0.2, 0.25) is 0 Å². The Morgan fingerprint density at radius 3 is 2.80 bits per heavy atom. The van der Waals surface area contributed by atoms with Crippen LogP contribution in [0.2, 0.25) is 0 Å². The molecule has 0 saturated heterocycles. The molecule has 0 aromatic heterocycles. The van der Waals surface area contributed by atoms with E-state index in [0.29, 0.717) is 5.56 Å². The number of anilines is 1. The van der Waals surface area contributed by atoms with E-state index in [0.717, 1.165) is 25.7 Å². The molecule has 0 radical (unpaired) electrons. The van der Waals surface area contributed by atoms with E-state index in [1.807, 2.05) is 0 Å². The molecule has 1 aromatic carbocycles. The molecule has 4 N–H and O–H groups in total. The summed E-state index contributed by atoms with van der Waals surface area (Å²) in [6.45, 7) is 1.64. The normalized spacial score (nSPS) is 22.6. The Kier molecular flexibility index (Phi) is 4.60. The number of halogens is 1. The van der Waals surface area contributed by atoms with Crippen LogP contribution in [0.4, 0.5) is 10.1 Å². The molecule has 1 fully saturated rings. The number of aliphatic hydroxyl groups is 1. The Hall–Kier alpha value is -1.62. The summed E-state index contributed by atoms with van der Waals surface area (Å²) in [6.07, 6.45) is 3.86. The summed E-state index contributed by atoms with van der Waals surface area (Å²) in [5.74, 6) is -0.723. The first kappa shape index (κ1) is 14.8. The number of hydrogen-bond acceptors (Lipinski definition) is 3. The van der Waals surface area contributed by atoms with Gasteiger partial charge in [-0.05, 0) is 31.9 Å². The van der Waals surface area contributed by atoms with Gasteiger partial charge in [-0.15, -0.1) is 0 Å². The van der Waals surface area contributed by atoms with Gasteiger partial charge in [0.25, 0.3) is 5.91 Å². The molecule has 1 aromatic rings. The molecule has 1 saturated carbocycles. The van der Waals surface area contributed by atoms with Crippen molar-refractivity contribution >= 4 is 11.6 Å². The third-order valence-electron chi connectivity index (χ3n) is 4.11. The number of carbonyl (C=O) groups is 1. The zero-order valence-corrected chi connectivity index (χ0v) is 11.7. The molecule has 0 aliphatic heterocycles. The Morgan fingerprint density at radius 2 is 2.15 bits per heavy atom. The van der Waals surface area contributed by atoms with E-state index < -0.39 is 5.82 Å². The van der Waals surface area contributed by atoms with Crippen molar-refractivity contribution in [2.24, 2.45) is 5.92 Å². The van der Waals surface area contributed by atoms with Crippen LogP contribution in [0.5, 0.6) is 0 Å². The van der Waals surface area contributed by atoms with Crippen molar-refractivity contribution in [1.82, 2.24) is 5.32 Å². The van der Waals surface area contributed by atoms with Crippen LogP contribution in [0.15, 0.2) is 12.1 Å². The van der Waals surface area contributed by atoms with E-state index in [1.54, 1.807) is 6.92 Å². The van der Waals surface area contributed by atoms with Crippen LogP contribution in [0.1, 0.15) is 41.6 Å². The third kappa shape index (κ3) is 3.10. The Labute approximate surface area is 118 Å². The van der Waals surface area contributed by atoms with Crippen molar-refractivity contribution in [3.8, 4) is 0 Å². The predicted octanol–water partition coefficient (Wildman–Crippen LogP) is 2.00. The standard InChI is InChI=1S/C15H21FN2O2/c1-9-12(16)6-11(7-13(9)17)15(20)18-14-5-3-2-4-10(14)8-19/h6-7,10,14,19H,2-5,8,17H2,1H3,(H,18,20). The second-order valence-electron chi connectivity index (χ2n) is 5.48. The van der Waals surface area contributed by atoms with Gasteiger partial charge in [-0.3, -0.25) is 4.79 Å². The molecule has 0 bridgehead atoms. The van der Waals surface area contributed by atoms with Gasteiger partial charge in [0, 0.05) is 35.4 Å². The molecular formula is C15H21FN2O2. The summed E-state index contributed by atoms with van der Waals surface area (Å²) in [5, 5.41) is 12.2. The second kappa shape index (κ2) is 6.22. The number of nitrogens with one attached hydrogen (secondary N) is 1. The Balaban J connectivity index is 2.11. The number of hydrogen-bond donors (Lipinski definition) is 3. The van der Waals surface area contributed by atoms with E-state index in [4.69, 9.17) is 5.73 Å². The third-order valence-corrected chi connectivity index (χ3v) is 4.11. The quantitative estimate of drug-likeness (QED) is 0.741. The monoisotopic (exact) mass is 280 g/mol. The maximum Gasteiger partial charge on any atom is 0.251 e. The molecule has 2 unspecified atom stereocenters. The van der Waals surface area contributed by atoms with Crippen LogP contribution in [0.3, 0.4) is 0 Å². The largest absolute Gasteiger partial charge is 0.398 e. The number of nitrogen functional groups attached to an aromatic ring is 1. The molecule has 2 atom stereocenters. The number of rotatable bonds is 3. The summed E-state index contributed by atoms with van der Waals surface area (Å²) in [4.78, 5) is 12.2.